The number of hydrogen-bond donors (Lipinski definition) is 1. The van der Waals surface area contributed by atoms with Gasteiger partial charge < -0.3 is 5.32 Å². The highest BCUT2D eigenvalue weighted by Crippen LogP contribution is 2.29. The SMILES string of the molecule is C=C(CNC(C)C)CSc1nc2ccccc2s1. The molecule has 0 fully saturated rings. The third-order valence-corrected chi connectivity index (χ3v) is 4.76. The fraction of sp³-hybridized carbons (Fsp3) is 0.357. The molecule has 18 heavy (non-hydrogen) atoms. The van der Waals surface area contributed by atoms with Crippen molar-refractivity contribution in [3.05, 3.63) is 36.4 Å². The van der Waals surface area contributed by atoms with Crippen molar-refractivity contribution in [3.63, 3.8) is 0 Å². The second kappa shape index (κ2) is 6.36. The minimum Gasteiger partial charge on any atom is -0.311 e. The molecule has 2 nitrogen and oxygen atoms in total. The van der Waals surface area contributed by atoms with Crippen molar-refractivity contribution in [2.24, 2.45) is 0 Å². The van der Waals surface area contributed by atoms with Crippen LogP contribution in [0.1, 0.15) is 13.8 Å². The summed E-state index contributed by atoms with van der Waals surface area (Å²) < 4.78 is 2.38. The normalized spacial score (nSPS) is 11.3. The highest BCUT2D eigenvalue weighted by molar-refractivity contribution is 8.01. The maximum absolute atomic E-state index is 4.60. The number of hydrogen-bond acceptors (Lipinski definition) is 4. The Balaban J connectivity index is 1.88. The van der Waals surface area contributed by atoms with E-state index >= 15 is 0 Å². The average molecular weight is 278 g/mol. The average Bonchev–Trinajstić information content (AvgIpc) is 2.76. The van der Waals surface area contributed by atoms with Crippen LogP contribution in [0, 0.1) is 0 Å². The standard InChI is InChI=1S/C14H18N2S2/c1-10(2)15-8-11(3)9-17-14-16-12-6-4-5-7-13(12)18-14/h4-7,10,15H,3,8-9H2,1-2H3. The first-order chi connectivity index (χ1) is 8.65. The van der Waals surface area contributed by atoms with E-state index in [0.717, 1.165) is 22.2 Å². The lowest BCUT2D eigenvalue weighted by molar-refractivity contribution is 0.623. The smallest absolute Gasteiger partial charge is 0.151 e. The van der Waals surface area contributed by atoms with Crippen LogP contribution in [-0.2, 0) is 0 Å². The highest BCUT2D eigenvalue weighted by atomic mass is 32.2. The van der Waals surface area contributed by atoms with Crippen molar-refractivity contribution in [2.45, 2.75) is 24.2 Å². The molecule has 0 saturated heterocycles. The van der Waals surface area contributed by atoms with Crippen LogP contribution in [0.5, 0.6) is 0 Å². The van der Waals surface area contributed by atoms with Crippen LogP contribution in [0.3, 0.4) is 0 Å². The molecular weight excluding hydrogens is 260 g/mol. The number of benzene rings is 1. The van der Waals surface area contributed by atoms with E-state index in [1.54, 1.807) is 23.1 Å². The Morgan fingerprint density at radius 2 is 2.22 bits per heavy atom. The molecular formula is C14H18N2S2. The summed E-state index contributed by atoms with van der Waals surface area (Å²) in [4.78, 5) is 4.60. The van der Waals surface area contributed by atoms with Gasteiger partial charge in [0, 0.05) is 18.3 Å². The molecule has 0 aliphatic carbocycles. The minimum absolute atomic E-state index is 0.509. The zero-order valence-corrected chi connectivity index (χ0v) is 12.4. The number of nitrogens with zero attached hydrogens (tertiary/aromatic N) is 1. The monoisotopic (exact) mass is 278 g/mol. The van der Waals surface area contributed by atoms with Gasteiger partial charge in [0.2, 0.25) is 0 Å². The summed E-state index contributed by atoms with van der Waals surface area (Å²) in [6.07, 6.45) is 0. The number of fused-ring (bicyclic) bond motifs is 1. The van der Waals surface area contributed by atoms with Gasteiger partial charge in [-0.15, -0.1) is 11.3 Å². The van der Waals surface area contributed by atoms with E-state index in [9.17, 15) is 0 Å². The van der Waals surface area contributed by atoms with Gasteiger partial charge in [-0.25, -0.2) is 4.98 Å². The topological polar surface area (TPSA) is 24.9 Å². The van der Waals surface area contributed by atoms with Crippen LogP contribution in [0.4, 0.5) is 0 Å². The van der Waals surface area contributed by atoms with E-state index in [1.165, 1.54) is 10.3 Å². The first-order valence-corrected chi connectivity index (χ1v) is 7.84. The maximum atomic E-state index is 4.60. The summed E-state index contributed by atoms with van der Waals surface area (Å²) in [5.41, 5.74) is 2.31. The molecule has 0 bridgehead atoms. The Hall–Kier alpha value is -0.840. The molecule has 2 aromatic rings. The van der Waals surface area contributed by atoms with Gasteiger partial charge >= 0.3 is 0 Å². The number of nitrogens with one attached hydrogen (secondary N) is 1. The van der Waals surface area contributed by atoms with E-state index in [4.69, 9.17) is 0 Å². The van der Waals surface area contributed by atoms with E-state index in [0.29, 0.717) is 6.04 Å². The van der Waals surface area contributed by atoms with Crippen LogP contribution in [0.15, 0.2) is 40.8 Å². The van der Waals surface area contributed by atoms with Gasteiger partial charge in [0.1, 0.15) is 0 Å². The second-order valence-electron chi connectivity index (χ2n) is 4.52. The molecule has 0 saturated carbocycles. The first-order valence-electron chi connectivity index (χ1n) is 6.03. The van der Waals surface area contributed by atoms with Crippen molar-refractivity contribution in [1.82, 2.24) is 10.3 Å². The quantitative estimate of drug-likeness (QED) is 0.640. The minimum atomic E-state index is 0.509. The summed E-state index contributed by atoms with van der Waals surface area (Å²) in [5.74, 6) is 0.930. The number of thioether (sulfide) groups is 1. The molecule has 96 valence electrons. The number of thiazole rings is 1. The third-order valence-electron chi connectivity index (χ3n) is 2.43. The Morgan fingerprint density at radius 3 is 2.94 bits per heavy atom. The van der Waals surface area contributed by atoms with Crippen molar-refractivity contribution >= 4 is 33.3 Å². The summed E-state index contributed by atoms with van der Waals surface area (Å²) in [6, 6.07) is 8.77. The molecule has 0 spiro atoms. The first kappa shape index (κ1) is 13.6. The lowest BCUT2D eigenvalue weighted by Gasteiger charge is -2.09. The molecule has 0 atom stereocenters. The van der Waals surface area contributed by atoms with Gasteiger partial charge in [0.05, 0.1) is 10.2 Å². The van der Waals surface area contributed by atoms with Gasteiger partial charge in [0.25, 0.3) is 0 Å². The molecule has 0 aliphatic heterocycles. The molecule has 0 unspecified atom stereocenters. The van der Waals surface area contributed by atoms with Crippen LogP contribution >= 0.6 is 23.1 Å². The number of rotatable bonds is 6. The fourth-order valence-electron chi connectivity index (χ4n) is 1.48. The molecule has 0 amide bonds. The van der Waals surface area contributed by atoms with Gasteiger partial charge in [-0.2, -0.15) is 0 Å². The van der Waals surface area contributed by atoms with Crippen LogP contribution in [0.2, 0.25) is 0 Å². The second-order valence-corrected chi connectivity index (χ2v) is 6.77. The predicted molar refractivity (Wildman–Crippen MR) is 82.6 cm³/mol. The Kier molecular flexibility index (Phi) is 4.80. The highest BCUT2D eigenvalue weighted by Gasteiger charge is 2.04. The van der Waals surface area contributed by atoms with Crippen LogP contribution in [-0.4, -0.2) is 23.3 Å². The molecule has 4 heteroatoms. The Morgan fingerprint density at radius 1 is 1.44 bits per heavy atom. The largest absolute Gasteiger partial charge is 0.311 e. The number of aromatic nitrogens is 1. The van der Waals surface area contributed by atoms with Crippen molar-refractivity contribution in [1.29, 1.82) is 0 Å². The van der Waals surface area contributed by atoms with Gasteiger partial charge in [-0.05, 0) is 12.1 Å². The van der Waals surface area contributed by atoms with Gasteiger partial charge in [0.15, 0.2) is 4.34 Å². The Bertz CT molecular complexity index is 498. The fourth-order valence-corrected chi connectivity index (χ4v) is 3.45. The maximum Gasteiger partial charge on any atom is 0.151 e. The molecule has 2 rings (SSSR count). The van der Waals surface area contributed by atoms with Crippen molar-refractivity contribution in [2.75, 3.05) is 12.3 Å². The number of para-hydroxylation sites is 1. The molecule has 0 aliphatic rings. The lowest BCUT2D eigenvalue weighted by atomic mass is 10.3. The van der Waals surface area contributed by atoms with Crippen LogP contribution < -0.4 is 5.32 Å². The third kappa shape index (κ3) is 3.83. The lowest BCUT2D eigenvalue weighted by Crippen LogP contribution is -2.25. The van der Waals surface area contributed by atoms with Gasteiger partial charge in [-0.3, -0.25) is 0 Å². The van der Waals surface area contributed by atoms with Gasteiger partial charge in [-0.1, -0.05) is 49.9 Å². The zero-order valence-electron chi connectivity index (χ0n) is 10.8. The molecule has 1 aromatic heterocycles. The van der Waals surface area contributed by atoms with E-state index in [-0.39, 0.29) is 0 Å². The van der Waals surface area contributed by atoms with Crippen LogP contribution in [0.25, 0.3) is 10.2 Å². The van der Waals surface area contributed by atoms with Crippen molar-refractivity contribution in [3.8, 4) is 0 Å². The van der Waals surface area contributed by atoms with E-state index in [2.05, 4.69) is 48.9 Å². The summed E-state index contributed by atoms with van der Waals surface area (Å²) >= 11 is 3.53. The summed E-state index contributed by atoms with van der Waals surface area (Å²) in [5, 5.41) is 3.38. The van der Waals surface area contributed by atoms with Crippen molar-refractivity contribution < 1.29 is 0 Å². The van der Waals surface area contributed by atoms with E-state index in [1.807, 2.05) is 6.07 Å². The molecule has 1 heterocycles. The summed E-state index contributed by atoms with van der Waals surface area (Å²) in [7, 11) is 0. The molecule has 1 N–H and O–H groups in total. The van der Waals surface area contributed by atoms with E-state index < -0.39 is 0 Å². The molecule has 1 aromatic carbocycles. The molecule has 0 radical (unpaired) electrons. The predicted octanol–water partition coefficient (Wildman–Crippen LogP) is 3.94. The Labute approximate surface area is 117 Å². The zero-order chi connectivity index (χ0) is 13.0. The summed E-state index contributed by atoms with van der Waals surface area (Å²) in [6.45, 7) is 9.27.